The molecule has 1 fully saturated rings. The van der Waals surface area contributed by atoms with Gasteiger partial charge in [-0.1, -0.05) is 24.3 Å². The molecule has 158 valence electrons. The molecule has 30 heavy (non-hydrogen) atoms. The number of hydrogen-bond acceptors (Lipinski definition) is 4. The molecule has 0 atom stereocenters. The van der Waals surface area contributed by atoms with E-state index in [0.717, 1.165) is 17.7 Å². The molecule has 0 unspecified atom stereocenters. The molecule has 1 aliphatic heterocycles. The Morgan fingerprint density at radius 3 is 2.47 bits per heavy atom. The number of nitrogens with one attached hydrogen (secondary N) is 2. The molecule has 0 spiro atoms. The van der Waals surface area contributed by atoms with Crippen LogP contribution in [0.15, 0.2) is 48.5 Å². The van der Waals surface area contributed by atoms with E-state index in [0.29, 0.717) is 13.0 Å². The summed E-state index contributed by atoms with van der Waals surface area (Å²) >= 11 is 0. The zero-order valence-electron chi connectivity index (χ0n) is 16.1. The first-order chi connectivity index (χ1) is 14.4. The van der Waals surface area contributed by atoms with Gasteiger partial charge in [0.1, 0.15) is 5.75 Å². The van der Waals surface area contributed by atoms with Gasteiger partial charge in [-0.05, 0) is 36.2 Å². The third-order valence-electron chi connectivity index (χ3n) is 4.57. The maximum absolute atomic E-state index is 12.4. The van der Waals surface area contributed by atoms with Crippen LogP contribution in [0, 0.1) is 0 Å². The van der Waals surface area contributed by atoms with Crippen LogP contribution in [0.4, 0.5) is 14.5 Å². The minimum atomic E-state index is -3.06. The number of ether oxygens (including phenoxy) is 1. The van der Waals surface area contributed by atoms with Crippen LogP contribution in [0.3, 0.4) is 0 Å². The first-order valence-electron chi connectivity index (χ1n) is 9.42. The second-order valence-corrected chi connectivity index (χ2v) is 6.65. The first kappa shape index (κ1) is 21.2. The summed E-state index contributed by atoms with van der Waals surface area (Å²) < 4.78 is 29.2. The minimum Gasteiger partial charge on any atom is -0.434 e. The Morgan fingerprint density at radius 2 is 1.80 bits per heavy atom. The number of anilines is 1. The lowest BCUT2D eigenvalue weighted by Crippen LogP contribution is -2.36. The molecular formula is C21H21F2N3O4. The van der Waals surface area contributed by atoms with Gasteiger partial charge in [0.15, 0.2) is 0 Å². The van der Waals surface area contributed by atoms with E-state index >= 15 is 0 Å². The van der Waals surface area contributed by atoms with Crippen LogP contribution in [-0.4, -0.2) is 37.4 Å². The van der Waals surface area contributed by atoms with Gasteiger partial charge < -0.3 is 20.3 Å². The van der Waals surface area contributed by atoms with Gasteiger partial charge in [-0.2, -0.15) is 8.78 Å². The molecule has 2 N–H and O–H groups in total. The average molecular weight is 417 g/mol. The molecule has 2 aromatic rings. The van der Waals surface area contributed by atoms with E-state index in [-0.39, 0.29) is 30.3 Å². The number of alkyl halides is 2. The molecule has 0 bridgehead atoms. The van der Waals surface area contributed by atoms with Crippen LogP contribution in [-0.2, 0) is 16.1 Å². The summed E-state index contributed by atoms with van der Waals surface area (Å²) in [6.07, 6.45) is 1.41. The highest BCUT2D eigenvalue weighted by Crippen LogP contribution is 2.22. The number of halogens is 2. The van der Waals surface area contributed by atoms with E-state index in [1.54, 1.807) is 4.90 Å². The predicted octanol–water partition coefficient (Wildman–Crippen LogP) is 2.46. The molecule has 0 saturated carbocycles. The second kappa shape index (κ2) is 9.82. The van der Waals surface area contributed by atoms with Gasteiger partial charge in [0.05, 0.1) is 12.1 Å². The van der Waals surface area contributed by atoms with Gasteiger partial charge in [-0.15, -0.1) is 0 Å². The number of carbonyl (C=O) groups excluding carboxylic acids is 3. The monoisotopic (exact) mass is 417 g/mol. The third-order valence-corrected chi connectivity index (χ3v) is 4.57. The fourth-order valence-electron chi connectivity index (χ4n) is 3.09. The lowest BCUT2D eigenvalue weighted by molar-refractivity contribution is -0.120. The normalized spacial score (nSPS) is 13.4. The van der Waals surface area contributed by atoms with E-state index in [4.69, 9.17) is 0 Å². The van der Waals surface area contributed by atoms with Gasteiger partial charge in [0, 0.05) is 25.2 Å². The topological polar surface area (TPSA) is 87.7 Å². The van der Waals surface area contributed by atoms with Crippen molar-refractivity contribution in [3.63, 3.8) is 0 Å². The van der Waals surface area contributed by atoms with E-state index < -0.39 is 18.4 Å². The number of nitrogens with zero attached hydrogens (tertiary/aromatic N) is 1. The van der Waals surface area contributed by atoms with Crippen LogP contribution >= 0.6 is 0 Å². The summed E-state index contributed by atoms with van der Waals surface area (Å²) in [5, 5.41) is 5.04. The zero-order valence-corrected chi connectivity index (χ0v) is 16.1. The number of amides is 3. The Bertz CT molecular complexity index is 919. The number of benzene rings is 2. The summed E-state index contributed by atoms with van der Waals surface area (Å²) in [7, 11) is 0. The maximum atomic E-state index is 12.4. The molecule has 2 aromatic carbocycles. The van der Waals surface area contributed by atoms with E-state index in [1.165, 1.54) is 24.3 Å². The average Bonchev–Trinajstić information content (AvgIpc) is 3.16. The van der Waals surface area contributed by atoms with Crippen molar-refractivity contribution in [1.82, 2.24) is 10.6 Å². The summed E-state index contributed by atoms with van der Waals surface area (Å²) in [6.45, 7) is -2.42. The standard InChI is InChI=1S/C21H21F2N3O4/c22-21(23)30-17-5-2-1-4-16(17)20(29)25-13-18(27)24-12-14-7-9-15(10-8-14)26-11-3-6-19(26)28/h1-2,4-5,7-10,21H,3,6,11-13H2,(H,24,27)(H,25,29). The Hall–Kier alpha value is -3.49. The SMILES string of the molecule is O=C(CNC(=O)c1ccccc1OC(F)F)NCc1ccc(N2CCCC2=O)cc1. The lowest BCUT2D eigenvalue weighted by Gasteiger charge is -2.16. The zero-order chi connectivity index (χ0) is 21.5. The van der Waals surface area contributed by atoms with Crippen LogP contribution in [0.5, 0.6) is 5.75 Å². The smallest absolute Gasteiger partial charge is 0.387 e. The van der Waals surface area contributed by atoms with Crippen molar-refractivity contribution < 1.29 is 27.9 Å². The summed E-state index contributed by atoms with van der Waals surface area (Å²) in [5.74, 6) is -1.29. The number of rotatable bonds is 8. The van der Waals surface area contributed by atoms with E-state index in [9.17, 15) is 23.2 Å². The number of hydrogen-bond donors (Lipinski definition) is 2. The van der Waals surface area contributed by atoms with Crippen molar-refractivity contribution in [3.8, 4) is 5.75 Å². The van der Waals surface area contributed by atoms with Crippen molar-refractivity contribution in [2.24, 2.45) is 0 Å². The molecule has 1 saturated heterocycles. The molecule has 0 aromatic heterocycles. The Balaban J connectivity index is 1.47. The molecule has 1 aliphatic rings. The highest BCUT2D eigenvalue weighted by atomic mass is 19.3. The highest BCUT2D eigenvalue weighted by molar-refractivity contribution is 5.98. The van der Waals surface area contributed by atoms with Gasteiger partial charge in [0.2, 0.25) is 11.8 Å². The van der Waals surface area contributed by atoms with Crippen LogP contribution in [0.25, 0.3) is 0 Å². The Kier molecular flexibility index (Phi) is 6.95. The van der Waals surface area contributed by atoms with Gasteiger partial charge in [0.25, 0.3) is 5.91 Å². The largest absolute Gasteiger partial charge is 0.434 e. The fourth-order valence-corrected chi connectivity index (χ4v) is 3.09. The molecule has 3 rings (SSSR count). The van der Waals surface area contributed by atoms with Crippen molar-refractivity contribution in [1.29, 1.82) is 0 Å². The quantitative estimate of drug-likeness (QED) is 0.691. The van der Waals surface area contributed by atoms with Crippen molar-refractivity contribution in [2.45, 2.75) is 26.0 Å². The van der Waals surface area contributed by atoms with Crippen LogP contribution < -0.4 is 20.3 Å². The van der Waals surface area contributed by atoms with Crippen molar-refractivity contribution in [3.05, 3.63) is 59.7 Å². The maximum Gasteiger partial charge on any atom is 0.387 e. The highest BCUT2D eigenvalue weighted by Gasteiger charge is 2.21. The molecule has 0 aliphatic carbocycles. The molecule has 7 nitrogen and oxygen atoms in total. The molecule has 0 radical (unpaired) electrons. The van der Waals surface area contributed by atoms with Gasteiger partial charge in [-0.25, -0.2) is 0 Å². The third kappa shape index (κ3) is 5.53. The fraction of sp³-hybridized carbons (Fsp3) is 0.286. The molecular weight excluding hydrogens is 396 g/mol. The van der Waals surface area contributed by atoms with Gasteiger partial charge >= 0.3 is 6.61 Å². The van der Waals surface area contributed by atoms with Crippen LogP contribution in [0.2, 0.25) is 0 Å². The Labute approximate surface area is 172 Å². The number of para-hydroxylation sites is 1. The lowest BCUT2D eigenvalue weighted by atomic mass is 10.2. The minimum absolute atomic E-state index is 0.0855. The first-order valence-corrected chi connectivity index (χ1v) is 9.42. The predicted molar refractivity (Wildman–Crippen MR) is 105 cm³/mol. The van der Waals surface area contributed by atoms with Gasteiger partial charge in [-0.3, -0.25) is 14.4 Å². The van der Waals surface area contributed by atoms with E-state index in [2.05, 4.69) is 15.4 Å². The summed E-state index contributed by atoms with van der Waals surface area (Å²) in [4.78, 5) is 37.7. The molecule has 9 heteroatoms. The summed E-state index contributed by atoms with van der Waals surface area (Å²) in [6, 6.07) is 12.8. The summed E-state index contributed by atoms with van der Waals surface area (Å²) in [5.41, 5.74) is 1.57. The van der Waals surface area contributed by atoms with E-state index in [1.807, 2.05) is 24.3 Å². The Morgan fingerprint density at radius 1 is 1.07 bits per heavy atom. The molecule has 1 heterocycles. The van der Waals surface area contributed by atoms with Crippen molar-refractivity contribution in [2.75, 3.05) is 18.0 Å². The number of carbonyl (C=O) groups is 3. The van der Waals surface area contributed by atoms with Crippen LogP contribution in [0.1, 0.15) is 28.8 Å². The van der Waals surface area contributed by atoms with Crippen molar-refractivity contribution >= 4 is 23.4 Å². The second-order valence-electron chi connectivity index (χ2n) is 6.65. The molecule has 3 amide bonds.